The number of nitrogens with one attached hydrogen (secondary N) is 1. The summed E-state index contributed by atoms with van der Waals surface area (Å²) in [4.78, 5) is 1.03. The van der Waals surface area contributed by atoms with Crippen LogP contribution in [0.5, 0.6) is 0 Å². The number of amidine groups is 1. The van der Waals surface area contributed by atoms with Crippen LogP contribution in [0.4, 0.5) is 0 Å². The van der Waals surface area contributed by atoms with Crippen LogP contribution < -0.4 is 5.73 Å². The van der Waals surface area contributed by atoms with Crippen LogP contribution in [0.1, 0.15) is 5.56 Å². The van der Waals surface area contributed by atoms with Crippen molar-refractivity contribution < 1.29 is 0 Å². The maximum Gasteiger partial charge on any atom is 0.123 e. The molecule has 2 nitrogen and oxygen atoms in total. The molecule has 3 N–H and O–H groups in total. The summed E-state index contributed by atoms with van der Waals surface area (Å²) in [5.41, 5.74) is 6.20. The lowest BCUT2D eigenvalue weighted by molar-refractivity contribution is 1.33. The van der Waals surface area contributed by atoms with Gasteiger partial charge < -0.3 is 5.73 Å². The molecule has 0 radical (unpaired) electrons. The van der Waals surface area contributed by atoms with Crippen LogP contribution in [0.25, 0.3) is 0 Å². The van der Waals surface area contributed by atoms with Crippen molar-refractivity contribution in [1.29, 1.82) is 5.41 Å². The van der Waals surface area contributed by atoms with E-state index in [0.717, 1.165) is 14.9 Å². The number of rotatable bonds is 2. The SMILES string of the molecule is CSc1ccc(Br)cc1C(=N)N. The molecule has 0 aromatic heterocycles. The van der Waals surface area contributed by atoms with Gasteiger partial charge in [-0.2, -0.15) is 0 Å². The van der Waals surface area contributed by atoms with E-state index in [9.17, 15) is 0 Å². The minimum absolute atomic E-state index is 0.112. The van der Waals surface area contributed by atoms with Crippen LogP contribution in [0.15, 0.2) is 27.6 Å². The summed E-state index contributed by atoms with van der Waals surface area (Å²) >= 11 is 4.92. The molecule has 12 heavy (non-hydrogen) atoms. The Morgan fingerprint density at radius 3 is 2.75 bits per heavy atom. The lowest BCUT2D eigenvalue weighted by Crippen LogP contribution is -2.12. The predicted octanol–water partition coefficient (Wildman–Crippen LogP) is 2.46. The average Bonchev–Trinajstić information content (AvgIpc) is 2.04. The molecule has 4 heteroatoms. The van der Waals surface area contributed by atoms with Gasteiger partial charge in [-0.05, 0) is 24.5 Å². The van der Waals surface area contributed by atoms with Crippen LogP contribution in [-0.4, -0.2) is 12.1 Å². The van der Waals surface area contributed by atoms with Crippen molar-refractivity contribution in [2.75, 3.05) is 6.26 Å². The molecule has 0 saturated carbocycles. The summed E-state index contributed by atoms with van der Waals surface area (Å²) < 4.78 is 0.950. The van der Waals surface area contributed by atoms with E-state index in [0.29, 0.717) is 0 Å². The zero-order chi connectivity index (χ0) is 9.14. The highest BCUT2D eigenvalue weighted by Crippen LogP contribution is 2.23. The summed E-state index contributed by atoms with van der Waals surface area (Å²) in [5, 5.41) is 7.32. The zero-order valence-electron chi connectivity index (χ0n) is 6.60. The van der Waals surface area contributed by atoms with Crippen molar-refractivity contribution in [3.05, 3.63) is 28.2 Å². The van der Waals surface area contributed by atoms with Crippen molar-refractivity contribution in [3.8, 4) is 0 Å². The first-order valence-electron chi connectivity index (χ1n) is 3.33. The molecule has 0 heterocycles. The number of thioether (sulfide) groups is 1. The van der Waals surface area contributed by atoms with Crippen molar-refractivity contribution in [2.45, 2.75) is 4.90 Å². The predicted molar refractivity (Wildman–Crippen MR) is 56.9 cm³/mol. The van der Waals surface area contributed by atoms with E-state index < -0.39 is 0 Å². The Bertz CT molecular complexity index is 312. The molecule has 0 unspecified atom stereocenters. The molecule has 1 rings (SSSR count). The van der Waals surface area contributed by atoms with Gasteiger partial charge in [0.2, 0.25) is 0 Å². The van der Waals surface area contributed by atoms with Gasteiger partial charge >= 0.3 is 0 Å². The third-order valence-electron chi connectivity index (χ3n) is 1.45. The highest BCUT2D eigenvalue weighted by Gasteiger charge is 2.03. The Morgan fingerprint density at radius 2 is 2.25 bits per heavy atom. The van der Waals surface area contributed by atoms with Gasteiger partial charge in [0.15, 0.2) is 0 Å². The Morgan fingerprint density at radius 1 is 1.58 bits per heavy atom. The molecular formula is C8H9BrN2S. The quantitative estimate of drug-likeness (QED) is 0.477. The number of halogens is 1. The third-order valence-corrected chi connectivity index (χ3v) is 2.74. The average molecular weight is 245 g/mol. The van der Waals surface area contributed by atoms with Crippen molar-refractivity contribution >= 4 is 33.5 Å². The van der Waals surface area contributed by atoms with E-state index in [4.69, 9.17) is 11.1 Å². The molecule has 0 aliphatic heterocycles. The maximum atomic E-state index is 7.32. The van der Waals surface area contributed by atoms with Gasteiger partial charge in [0.25, 0.3) is 0 Å². The topological polar surface area (TPSA) is 49.9 Å². The molecule has 0 spiro atoms. The number of benzene rings is 1. The van der Waals surface area contributed by atoms with Crippen LogP contribution in [0.2, 0.25) is 0 Å². The number of hydrogen-bond donors (Lipinski definition) is 2. The summed E-state index contributed by atoms with van der Waals surface area (Å²) in [5.74, 6) is 0.112. The molecule has 1 aromatic rings. The number of nitrogen functional groups attached to an aromatic ring is 1. The smallest absolute Gasteiger partial charge is 0.123 e. The minimum Gasteiger partial charge on any atom is -0.384 e. The molecule has 1 aromatic carbocycles. The fourth-order valence-electron chi connectivity index (χ4n) is 0.891. The largest absolute Gasteiger partial charge is 0.384 e. The Hall–Kier alpha value is -0.480. The van der Waals surface area contributed by atoms with Crippen LogP contribution in [0.3, 0.4) is 0 Å². The normalized spacial score (nSPS) is 9.83. The molecule has 64 valence electrons. The van der Waals surface area contributed by atoms with E-state index in [-0.39, 0.29) is 5.84 Å². The molecule has 0 bridgehead atoms. The zero-order valence-corrected chi connectivity index (χ0v) is 9.00. The Balaban J connectivity index is 3.21. The van der Waals surface area contributed by atoms with Crippen molar-refractivity contribution in [1.82, 2.24) is 0 Å². The van der Waals surface area contributed by atoms with Gasteiger partial charge in [-0.3, -0.25) is 5.41 Å². The summed E-state index contributed by atoms with van der Waals surface area (Å²) in [6, 6.07) is 5.75. The maximum absolute atomic E-state index is 7.32. The number of nitrogens with two attached hydrogens (primary N) is 1. The fourth-order valence-corrected chi connectivity index (χ4v) is 1.84. The van der Waals surface area contributed by atoms with Gasteiger partial charge in [0.1, 0.15) is 5.84 Å². The molecule has 0 aliphatic carbocycles. The van der Waals surface area contributed by atoms with Gasteiger partial charge in [-0.25, -0.2) is 0 Å². The Kier molecular flexibility index (Phi) is 3.17. The third kappa shape index (κ3) is 2.01. The second-order valence-corrected chi connectivity index (χ2v) is 4.02. The van der Waals surface area contributed by atoms with E-state index in [2.05, 4.69) is 15.9 Å². The van der Waals surface area contributed by atoms with E-state index in [1.165, 1.54) is 0 Å². The van der Waals surface area contributed by atoms with Gasteiger partial charge in [0, 0.05) is 14.9 Å². The number of hydrogen-bond acceptors (Lipinski definition) is 2. The lowest BCUT2D eigenvalue weighted by Gasteiger charge is -2.05. The van der Waals surface area contributed by atoms with Crippen molar-refractivity contribution in [3.63, 3.8) is 0 Å². The first kappa shape index (κ1) is 9.61. The van der Waals surface area contributed by atoms with E-state index in [1.807, 2.05) is 24.5 Å². The molecular weight excluding hydrogens is 236 g/mol. The van der Waals surface area contributed by atoms with Gasteiger partial charge in [0.05, 0.1) is 0 Å². The second-order valence-electron chi connectivity index (χ2n) is 2.26. The van der Waals surface area contributed by atoms with Crippen LogP contribution in [-0.2, 0) is 0 Å². The first-order valence-corrected chi connectivity index (χ1v) is 5.35. The van der Waals surface area contributed by atoms with E-state index >= 15 is 0 Å². The first-order chi connectivity index (χ1) is 5.65. The van der Waals surface area contributed by atoms with Crippen LogP contribution in [0, 0.1) is 5.41 Å². The van der Waals surface area contributed by atoms with E-state index in [1.54, 1.807) is 11.8 Å². The van der Waals surface area contributed by atoms with Crippen LogP contribution >= 0.6 is 27.7 Å². The molecule has 0 aliphatic rings. The summed E-state index contributed by atoms with van der Waals surface area (Å²) in [6.07, 6.45) is 1.97. The standard InChI is InChI=1S/C8H9BrN2S/c1-12-7-3-2-5(9)4-6(7)8(10)11/h2-4H,1H3,(H3,10,11). The monoisotopic (exact) mass is 244 g/mol. The lowest BCUT2D eigenvalue weighted by atomic mass is 10.2. The van der Waals surface area contributed by atoms with Crippen molar-refractivity contribution in [2.24, 2.45) is 5.73 Å². The minimum atomic E-state index is 0.112. The Labute approximate surface area is 84.2 Å². The summed E-state index contributed by atoms with van der Waals surface area (Å²) in [7, 11) is 0. The summed E-state index contributed by atoms with van der Waals surface area (Å²) in [6.45, 7) is 0. The highest BCUT2D eigenvalue weighted by molar-refractivity contribution is 9.10. The molecule has 0 amide bonds. The molecule has 0 saturated heterocycles. The molecule has 0 atom stereocenters. The second kappa shape index (κ2) is 3.96. The molecule has 0 fully saturated rings. The van der Waals surface area contributed by atoms with Gasteiger partial charge in [-0.1, -0.05) is 15.9 Å². The highest BCUT2D eigenvalue weighted by atomic mass is 79.9. The fraction of sp³-hybridized carbons (Fsp3) is 0.125. The van der Waals surface area contributed by atoms with Gasteiger partial charge in [-0.15, -0.1) is 11.8 Å².